The first-order valence-corrected chi connectivity index (χ1v) is 3.65. The number of aromatic nitrogens is 1. The fourth-order valence-corrected chi connectivity index (χ4v) is 1.17. The minimum Gasteiger partial charge on any atom is -0.504 e. The summed E-state index contributed by atoms with van der Waals surface area (Å²) in [5.41, 5.74) is 0.262. The first-order chi connectivity index (χ1) is 6.20. The summed E-state index contributed by atoms with van der Waals surface area (Å²) in [6.07, 6.45) is 2.31. The molecule has 0 saturated carbocycles. The van der Waals surface area contributed by atoms with Crippen LogP contribution in [0.2, 0.25) is 0 Å². The molecule has 0 aromatic carbocycles. The van der Waals surface area contributed by atoms with Gasteiger partial charge in [0.25, 0.3) is 0 Å². The van der Waals surface area contributed by atoms with E-state index in [1.54, 1.807) is 6.07 Å². The second kappa shape index (κ2) is 2.52. The third-order valence-corrected chi connectivity index (χ3v) is 1.79. The minimum absolute atomic E-state index is 0.0208. The van der Waals surface area contributed by atoms with Crippen LogP contribution in [-0.2, 0) is 0 Å². The average Bonchev–Trinajstić information content (AvgIpc) is 2.15. The van der Waals surface area contributed by atoms with Crippen LogP contribution in [0.3, 0.4) is 0 Å². The standard InChI is InChI=1S/C9H5NO3/c11-6-4-7(12)9(13)8-5(6)2-1-3-10-8/h1-4,12H. The number of rotatable bonds is 0. The lowest BCUT2D eigenvalue weighted by Crippen LogP contribution is -2.18. The predicted molar refractivity (Wildman–Crippen MR) is 43.6 cm³/mol. The highest BCUT2D eigenvalue weighted by Gasteiger charge is 2.25. The number of pyridine rings is 1. The lowest BCUT2D eigenvalue weighted by Gasteiger charge is -2.08. The quantitative estimate of drug-likeness (QED) is 0.636. The summed E-state index contributed by atoms with van der Waals surface area (Å²) in [4.78, 5) is 26.2. The Bertz CT molecular complexity index is 434. The van der Waals surface area contributed by atoms with Crippen molar-refractivity contribution in [2.45, 2.75) is 0 Å². The third kappa shape index (κ3) is 1.03. The summed E-state index contributed by atoms with van der Waals surface area (Å²) in [6.45, 7) is 0. The first-order valence-electron chi connectivity index (χ1n) is 3.65. The molecule has 64 valence electrons. The molecule has 1 aromatic heterocycles. The van der Waals surface area contributed by atoms with Crippen molar-refractivity contribution < 1.29 is 14.7 Å². The Balaban J connectivity index is 2.69. The molecule has 0 radical (unpaired) electrons. The Morgan fingerprint density at radius 1 is 1.31 bits per heavy atom. The molecule has 0 saturated heterocycles. The molecule has 2 rings (SSSR count). The van der Waals surface area contributed by atoms with Crippen LogP contribution in [0.4, 0.5) is 0 Å². The number of nitrogens with zero attached hydrogens (tertiary/aromatic N) is 1. The van der Waals surface area contributed by atoms with Crippen molar-refractivity contribution in [3.05, 3.63) is 41.4 Å². The number of aliphatic hydroxyl groups excluding tert-OH is 1. The zero-order valence-corrected chi connectivity index (χ0v) is 6.52. The zero-order valence-electron chi connectivity index (χ0n) is 6.52. The molecule has 4 heteroatoms. The average molecular weight is 175 g/mol. The van der Waals surface area contributed by atoms with E-state index >= 15 is 0 Å². The largest absolute Gasteiger partial charge is 0.504 e. The third-order valence-electron chi connectivity index (χ3n) is 1.79. The number of aliphatic hydroxyl groups is 1. The number of ketones is 2. The van der Waals surface area contributed by atoms with Gasteiger partial charge in [0, 0.05) is 12.3 Å². The summed E-state index contributed by atoms with van der Waals surface area (Å²) >= 11 is 0. The van der Waals surface area contributed by atoms with Crippen LogP contribution >= 0.6 is 0 Å². The molecule has 0 atom stereocenters. The summed E-state index contributed by atoms with van der Waals surface area (Å²) in [7, 11) is 0. The molecule has 1 aliphatic rings. The monoisotopic (exact) mass is 175 g/mol. The fraction of sp³-hybridized carbons (Fsp3) is 0. The zero-order chi connectivity index (χ0) is 9.42. The molecule has 0 spiro atoms. The molecule has 0 bridgehead atoms. The summed E-state index contributed by atoms with van der Waals surface area (Å²) in [5, 5.41) is 9.05. The van der Waals surface area contributed by atoms with Crippen molar-refractivity contribution in [1.29, 1.82) is 0 Å². The summed E-state index contributed by atoms with van der Waals surface area (Å²) in [5.74, 6) is -1.54. The van der Waals surface area contributed by atoms with Crippen LogP contribution in [0.5, 0.6) is 0 Å². The Hall–Kier alpha value is -1.97. The van der Waals surface area contributed by atoms with Crippen molar-refractivity contribution in [1.82, 2.24) is 4.98 Å². The van der Waals surface area contributed by atoms with Crippen LogP contribution in [0.1, 0.15) is 20.8 Å². The maximum atomic E-state index is 11.2. The molecule has 1 aliphatic carbocycles. The number of Topliss-reactive ketones (excluding diaryl/α,β-unsaturated/α-hetero) is 1. The maximum Gasteiger partial charge on any atom is 0.246 e. The van der Waals surface area contributed by atoms with E-state index in [1.165, 1.54) is 12.3 Å². The molecule has 1 aromatic rings. The number of allylic oxidation sites excluding steroid dienone is 2. The van der Waals surface area contributed by atoms with Gasteiger partial charge in [0.15, 0.2) is 11.5 Å². The number of hydrogen-bond donors (Lipinski definition) is 1. The fourth-order valence-electron chi connectivity index (χ4n) is 1.17. The molecular formula is C9H5NO3. The van der Waals surface area contributed by atoms with Crippen LogP contribution in [0.25, 0.3) is 0 Å². The Kier molecular flexibility index (Phi) is 1.48. The van der Waals surface area contributed by atoms with Gasteiger partial charge in [-0.05, 0) is 12.1 Å². The van der Waals surface area contributed by atoms with Crippen LogP contribution in [0.15, 0.2) is 30.2 Å². The van der Waals surface area contributed by atoms with E-state index in [2.05, 4.69) is 4.98 Å². The highest BCUT2D eigenvalue weighted by atomic mass is 16.3. The Labute approximate surface area is 73.5 Å². The number of carbonyl (C=O) groups excluding carboxylic acids is 2. The van der Waals surface area contributed by atoms with E-state index in [9.17, 15) is 9.59 Å². The number of fused-ring (bicyclic) bond motifs is 1. The molecule has 4 nitrogen and oxygen atoms in total. The van der Waals surface area contributed by atoms with Gasteiger partial charge in [0.2, 0.25) is 5.78 Å². The summed E-state index contributed by atoms with van der Waals surface area (Å²) in [6, 6.07) is 3.08. The van der Waals surface area contributed by atoms with Crippen molar-refractivity contribution in [2.75, 3.05) is 0 Å². The van der Waals surface area contributed by atoms with Gasteiger partial charge in [-0.2, -0.15) is 0 Å². The molecule has 13 heavy (non-hydrogen) atoms. The van der Waals surface area contributed by atoms with Gasteiger partial charge in [-0.25, -0.2) is 0 Å². The lowest BCUT2D eigenvalue weighted by molar-refractivity contribution is 0.0934. The Morgan fingerprint density at radius 3 is 2.85 bits per heavy atom. The smallest absolute Gasteiger partial charge is 0.246 e. The minimum atomic E-state index is -0.602. The summed E-state index contributed by atoms with van der Waals surface area (Å²) < 4.78 is 0. The highest BCUT2D eigenvalue weighted by molar-refractivity contribution is 6.22. The van der Waals surface area contributed by atoms with E-state index in [0.29, 0.717) is 0 Å². The van der Waals surface area contributed by atoms with Crippen molar-refractivity contribution in [3.8, 4) is 0 Å². The predicted octanol–water partition coefficient (Wildman–Crippen LogP) is 0.902. The van der Waals surface area contributed by atoms with Crippen LogP contribution in [0, 0.1) is 0 Å². The first kappa shape index (κ1) is 7.67. The molecule has 0 fully saturated rings. The van der Waals surface area contributed by atoms with E-state index in [0.717, 1.165) is 6.08 Å². The van der Waals surface area contributed by atoms with Crippen molar-refractivity contribution in [3.63, 3.8) is 0 Å². The van der Waals surface area contributed by atoms with Gasteiger partial charge >= 0.3 is 0 Å². The van der Waals surface area contributed by atoms with Crippen molar-refractivity contribution >= 4 is 11.6 Å². The number of hydrogen-bond acceptors (Lipinski definition) is 4. The molecule has 0 unspecified atom stereocenters. The topological polar surface area (TPSA) is 67.3 Å². The molecule has 1 N–H and O–H groups in total. The molecular weight excluding hydrogens is 170 g/mol. The van der Waals surface area contributed by atoms with E-state index in [-0.39, 0.29) is 17.0 Å². The normalized spacial score (nSPS) is 15.2. The van der Waals surface area contributed by atoms with Gasteiger partial charge in [-0.15, -0.1) is 0 Å². The van der Waals surface area contributed by atoms with E-state index in [4.69, 9.17) is 5.11 Å². The second-order valence-corrected chi connectivity index (χ2v) is 2.62. The van der Waals surface area contributed by atoms with E-state index < -0.39 is 11.5 Å². The SMILES string of the molecule is O=C1C=C(O)C(=O)c2ncccc21. The maximum absolute atomic E-state index is 11.2. The van der Waals surface area contributed by atoms with Crippen molar-refractivity contribution in [2.24, 2.45) is 0 Å². The molecule has 1 heterocycles. The highest BCUT2D eigenvalue weighted by Crippen LogP contribution is 2.16. The van der Waals surface area contributed by atoms with Gasteiger partial charge < -0.3 is 5.11 Å². The Morgan fingerprint density at radius 2 is 2.08 bits per heavy atom. The van der Waals surface area contributed by atoms with Gasteiger partial charge in [0.05, 0.1) is 5.56 Å². The molecule has 0 aliphatic heterocycles. The van der Waals surface area contributed by atoms with Crippen LogP contribution in [-0.4, -0.2) is 21.7 Å². The van der Waals surface area contributed by atoms with Crippen LogP contribution < -0.4 is 0 Å². The number of carbonyl (C=O) groups is 2. The van der Waals surface area contributed by atoms with E-state index in [1.807, 2.05) is 0 Å². The van der Waals surface area contributed by atoms with Gasteiger partial charge in [-0.1, -0.05) is 0 Å². The van der Waals surface area contributed by atoms with Gasteiger partial charge in [0.1, 0.15) is 5.69 Å². The lowest BCUT2D eigenvalue weighted by atomic mass is 9.99. The van der Waals surface area contributed by atoms with Gasteiger partial charge in [-0.3, -0.25) is 14.6 Å². The second-order valence-electron chi connectivity index (χ2n) is 2.62. The molecule has 0 amide bonds.